The van der Waals surface area contributed by atoms with Gasteiger partial charge in [-0.05, 0) is 11.1 Å². The van der Waals surface area contributed by atoms with Crippen LogP contribution in [0.5, 0.6) is 0 Å². The maximum absolute atomic E-state index is 8.30. The third kappa shape index (κ3) is 2.63. The summed E-state index contributed by atoms with van der Waals surface area (Å²) >= 11 is 0. The van der Waals surface area contributed by atoms with Crippen LogP contribution in [0.1, 0.15) is 5.56 Å². The minimum absolute atomic E-state index is 0.364. The Morgan fingerprint density at radius 2 is 2.15 bits per heavy atom. The maximum Gasteiger partial charge on any atom is 0.0420 e. The molecule has 0 unspecified atom stereocenters. The van der Waals surface area contributed by atoms with Crippen molar-refractivity contribution in [3.8, 4) is 0 Å². The molecule has 0 aliphatic rings. The Morgan fingerprint density at radius 3 is 2.69 bits per heavy atom. The molecule has 1 aromatic carbocycles. The summed E-state index contributed by atoms with van der Waals surface area (Å²) in [5, 5.41) is 3.55. The molecule has 0 aliphatic heterocycles. The fourth-order valence-electron chi connectivity index (χ4n) is 0.985. The molecule has 4 nitrogen and oxygen atoms in total. The number of azide groups is 1. The van der Waals surface area contributed by atoms with Crippen LogP contribution in [0.25, 0.3) is 16.1 Å². The highest BCUT2D eigenvalue weighted by Crippen LogP contribution is 2.14. The zero-order chi connectivity index (χ0) is 9.52. The first kappa shape index (κ1) is 9.32. The fourth-order valence-corrected chi connectivity index (χ4v) is 0.985. The first-order valence-electron chi connectivity index (χ1n) is 3.89. The predicted octanol–water partition coefficient (Wildman–Crippen LogP) is 2.30. The predicted molar refractivity (Wildman–Crippen MR) is 52.6 cm³/mol. The molecule has 0 saturated carbocycles. The van der Waals surface area contributed by atoms with Gasteiger partial charge in [-0.15, -0.1) is 0 Å². The standard InChI is InChI=1S/C9H10N4/c10-7-6-9(12-13-11)8-4-2-1-3-5-8/h1-6H,7,10H2/b9-6-. The molecule has 13 heavy (non-hydrogen) atoms. The quantitative estimate of drug-likeness (QED) is 0.426. The summed E-state index contributed by atoms with van der Waals surface area (Å²) < 4.78 is 0. The van der Waals surface area contributed by atoms with Gasteiger partial charge in [0.05, 0.1) is 0 Å². The lowest BCUT2D eigenvalue weighted by Gasteiger charge is -1.98. The zero-order valence-corrected chi connectivity index (χ0v) is 7.09. The van der Waals surface area contributed by atoms with Crippen molar-refractivity contribution in [1.29, 1.82) is 0 Å². The molecule has 0 fully saturated rings. The molecular weight excluding hydrogens is 164 g/mol. The van der Waals surface area contributed by atoms with Gasteiger partial charge in [0.2, 0.25) is 0 Å². The molecule has 0 heterocycles. The average molecular weight is 174 g/mol. The van der Waals surface area contributed by atoms with Gasteiger partial charge in [0.15, 0.2) is 0 Å². The molecule has 0 saturated heterocycles. The smallest absolute Gasteiger partial charge is 0.0420 e. The molecule has 0 amide bonds. The van der Waals surface area contributed by atoms with Crippen LogP contribution in [0.15, 0.2) is 41.5 Å². The number of rotatable bonds is 3. The van der Waals surface area contributed by atoms with E-state index in [0.717, 1.165) is 5.56 Å². The highest BCUT2D eigenvalue weighted by molar-refractivity contribution is 5.64. The highest BCUT2D eigenvalue weighted by Gasteiger charge is 1.95. The van der Waals surface area contributed by atoms with Gasteiger partial charge in [-0.2, -0.15) is 0 Å². The lowest BCUT2D eigenvalue weighted by Crippen LogP contribution is -1.94. The van der Waals surface area contributed by atoms with Crippen molar-refractivity contribution in [3.63, 3.8) is 0 Å². The van der Waals surface area contributed by atoms with E-state index in [1.807, 2.05) is 30.3 Å². The third-order valence-corrected chi connectivity index (χ3v) is 1.53. The van der Waals surface area contributed by atoms with E-state index < -0.39 is 0 Å². The minimum atomic E-state index is 0.364. The van der Waals surface area contributed by atoms with Gasteiger partial charge in [0, 0.05) is 17.2 Å². The molecule has 0 spiro atoms. The van der Waals surface area contributed by atoms with Crippen LogP contribution in [-0.4, -0.2) is 6.54 Å². The second-order valence-electron chi connectivity index (χ2n) is 2.38. The monoisotopic (exact) mass is 174 g/mol. The van der Waals surface area contributed by atoms with Crippen molar-refractivity contribution in [2.45, 2.75) is 0 Å². The number of hydrogen-bond acceptors (Lipinski definition) is 2. The van der Waals surface area contributed by atoms with Crippen molar-refractivity contribution in [2.75, 3.05) is 6.54 Å². The summed E-state index contributed by atoms with van der Waals surface area (Å²) in [7, 11) is 0. The molecule has 2 N–H and O–H groups in total. The molecule has 0 radical (unpaired) electrons. The molecular formula is C9H10N4. The lowest BCUT2D eigenvalue weighted by molar-refractivity contribution is 1.24. The summed E-state index contributed by atoms with van der Waals surface area (Å²) in [6.07, 6.45) is 1.69. The summed E-state index contributed by atoms with van der Waals surface area (Å²) in [5.74, 6) is 0. The second-order valence-corrected chi connectivity index (χ2v) is 2.38. The van der Waals surface area contributed by atoms with Crippen LogP contribution < -0.4 is 5.73 Å². The average Bonchev–Trinajstić information content (AvgIpc) is 2.19. The van der Waals surface area contributed by atoms with E-state index in [4.69, 9.17) is 11.3 Å². The Balaban J connectivity index is 3.03. The Kier molecular flexibility index (Phi) is 3.57. The Bertz CT molecular complexity index is 336. The van der Waals surface area contributed by atoms with Gasteiger partial charge in [-0.1, -0.05) is 41.5 Å². The molecule has 1 rings (SSSR count). The van der Waals surface area contributed by atoms with Crippen LogP contribution in [0, 0.1) is 0 Å². The number of benzene rings is 1. The van der Waals surface area contributed by atoms with Crippen LogP contribution in [0.4, 0.5) is 0 Å². The van der Waals surface area contributed by atoms with Gasteiger partial charge >= 0.3 is 0 Å². The molecule has 4 heteroatoms. The van der Waals surface area contributed by atoms with E-state index in [1.54, 1.807) is 6.08 Å². The van der Waals surface area contributed by atoms with E-state index in [1.165, 1.54) is 0 Å². The van der Waals surface area contributed by atoms with E-state index in [-0.39, 0.29) is 0 Å². The summed E-state index contributed by atoms with van der Waals surface area (Å²) in [6, 6.07) is 9.41. The number of nitrogens with two attached hydrogens (primary N) is 1. The fraction of sp³-hybridized carbons (Fsp3) is 0.111. The number of hydrogen-bond donors (Lipinski definition) is 1. The second kappa shape index (κ2) is 4.98. The first-order chi connectivity index (χ1) is 6.38. The summed E-state index contributed by atoms with van der Waals surface area (Å²) in [5.41, 5.74) is 15.1. The van der Waals surface area contributed by atoms with Gasteiger partial charge in [0.25, 0.3) is 0 Å². The van der Waals surface area contributed by atoms with Gasteiger partial charge in [-0.3, -0.25) is 0 Å². The highest BCUT2D eigenvalue weighted by atomic mass is 15.1. The zero-order valence-electron chi connectivity index (χ0n) is 7.09. The minimum Gasteiger partial charge on any atom is -0.327 e. The Hall–Kier alpha value is -1.77. The van der Waals surface area contributed by atoms with E-state index in [0.29, 0.717) is 12.2 Å². The van der Waals surface area contributed by atoms with E-state index in [2.05, 4.69) is 10.0 Å². The van der Waals surface area contributed by atoms with Crippen molar-refractivity contribution in [1.82, 2.24) is 0 Å². The first-order valence-corrected chi connectivity index (χ1v) is 3.89. The Morgan fingerprint density at radius 1 is 1.46 bits per heavy atom. The van der Waals surface area contributed by atoms with Crippen LogP contribution >= 0.6 is 0 Å². The lowest BCUT2D eigenvalue weighted by atomic mass is 10.1. The normalized spacial score (nSPS) is 10.7. The summed E-state index contributed by atoms with van der Waals surface area (Å²) in [6.45, 7) is 0.364. The molecule has 0 bridgehead atoms. The third-order valence-electron chi connectivity index (χ3n) is 1.53. The van der Waals surface area contributed by atoms with Crippen LogP contribution in [0.2, 0.25) is 0 Å². The molecule has 1 aromatic rings. The van der Waals surface area contributed by atoms with Crippen molar-refractivity contribution < 1.29 is 0 Å². The van der Waals surface area contributed by atoms with Crippen molar-refractivity contribution in [3.05, 3.63) is 52.4 Å². The molecule has 0 aliphatic carbocycles. The van der Waals surface area contributed by atoms with Crippen molar-refractivity contribution in [2.24, 2.45) is 10.8 Å². The van der Waals surface area contributed by atoms with Crippen molar-refractivity contribution >= 4 is 5.70 Å². The Labute approximate surface area is 76.3 Å². The SMILES string of the molecule is [N-]=[N+]=N/C(=C\CN)c1ccccc1. The largest absolute Gasteiger partial charge is 0.327 e. The van der Waals surface area contributed by atoms with Crippen LogP contribution in [-0.2, 0) is 0 Å². The van der Waals surface area contributed by atoms with E-state index in [9.17, 15) is 0 Å². The topological polar surface area (TPSA) is 74.8 Å². The number of nitrogens with zero attached hydrogens (tertiary/aromatic N) is 3. The maximum atomic E-state index is 8.30. The van der Waals surface area contributed by atoms with Gasteiger partial charge < -0.3 is 5.73 Å². The van der Waals surface area contributed by atoms with Gasteiger partial charge in [-0.25, -0.2) is 0 Å². The molecule has 0 atom stereocenters. The molecule has 66 valence electrons. The summed E-state index contributed by atoms with van der Waals surface area (Å²) in [4.78, 5) is 2.73. The van der Waals surface area contributed by atoms with Crippen LogP contribution in [0.3, 0.4) is 0 Å². The van der Waals surface area contributed by atoms with E-state index >= 15 is 0 Å². The molecule has 0 aromatic heterocycles. The van der Waals surface area contributed by atoms with Gasteiger partial charge in [0.1, 0.15) is 0 Å².